The molecule has 1 aromatic carbocycles. The molecule has 0 unspecified atom stereocenters. The smallest absolute Gasteiger partial charge is 0.127 e. The molecule has 0 saturated carbocycles. The molecule has 0 bridgehead atoms. The third-order valence-corrected chi connectivity index (χ3v) is 4.47. The van der Waals surface area contributed by atoms with Gasteiger partial charge in [0.15, 0.2) is 0 Å². The molecule has 2 rings (SSSR count). The second kappa shape index (κ2) is 9.01. The van der Waals surface area contributed by atoms with Crippen molar-refractivity contribution in [2.75, 3.05) is 46.4 Å². The van der Waals surface area contributed by atoms with Gasteiger partial charge in [0.1, 0.15) is 37.7 Å². The van der Waals surface area contributed by atoms with E-state index < -0.39 is 0 Å². The first-order valence-corrected chi connectivity index (χ1v) is 8.71. The van der Waals surface area contributed by atoms with Crippen molar-refractivity contribution in [3.05, 3.63) is 24.3 Å². The van der Waals surface area contributed by atoms with Gasteiger partial charge in [-0.05, 0) is 25.5 Å². The third-order valence-electron chi connectivity index (χ3n) is 4.47. The van der Waals surface area contributed by atoms with Crippen molar-refractivity contribution in [1.29, 1.82) is 0 Å². The SMILES string of the molecule is CC[C@H](C)Oc1cccc(OCCC[NH+]2CC[NH+](C)CC2)c1. The highest BCUT2D eigenvalue weighted by Gasteiger charge is 2.18. The maximum atomic E-state index is 5.88. The van der Waals surface area contributed by atoms with Crippen molar-refractivity contribution in [2.24, 2.45) is 0 Å². The lowest BCUT2D eigenvalue weighted by molar-refractivity contribution is -1.00. The highest BCUT2D eigenvalue weighted by Crippen LogP contribution is 2.21. The van der Waals surface area contributed by atoms with E-state index >= 15 is 0 Å². The summed E-state index contributed by atoms with van der Waals surface area (Å²) in [6.45, 7) is 11.4. The van der Waals surface area contributed by atoms with Gasteiger partial charge in [0.25, 0.3) is 0 Å². The Balaban J connectivity index is 1.67. The number of ether oxygens (including phenoxy) is 2. The molecule has 4 nitrogen and oxygen atoms in total. The minimum Gasteiger partial charge on any atom is -0.493 e. The van der Waals surface area contributed by atoms with Gasteiger partial charge in [0.2, 0.25) is 0 Å². The molecule has 1 aliphatic heterocycles. The van der Waals surface area contributed by atoms with Gasteiger partial charge in [0.05, 0.1) is 26.3 Å². The van der Waals surface area contributed by atoms with Crippen molar-refractivity contribution in [1.82, 2.24) is 0 Å². The fourth-order valence-electron chi connectivity index (χ4n) is 2.75. The van der Waals surface area contributed by atoms with Gasteiger partial charge in [-0.25, -0.2) is 0 Å². The standard InChI is InChI=1S/C18H30N2O2/c1-4-16(2)22-18-8-5-7-17(15-18)21-14-6-9-20-12-10-19(3)11-13-20/h5,7-8,15-16H,4,6,9-14H2,1-3H3/p+2/t16-/m0/s1. The van der Waals surface area contributed by atoms with Crippen LogP contribution in [0.4, 0.5) is 0 Å². The fourth-order valence-corrected chi connectivity index (χ4v) is 2.75. The first-order valence-electron chi connectivity index (χ1n) is 8.71. The zero-order valence-corrected chi connectivity index (χ0v) is 14.4. The highest BCUT2D eigenvalue weighted by atomic mass is 16.5. The van der Waals surface area contributed by atoms with Gasteiger partial charge in [-0.15, -0.1) is 0 Å². The molecule has 0 amide bonds. The minimum atomic E-state index is 0.248. The van der Waals surface area contributed by atoms with Crippen LogP contribution in [0.1, 0.15) is 26.7 Å². The van der Waals surface area contributed by atoms with E-state index in [1.807, 2.05) is 24.3 Å². The molecule has 1 heterocycles. The summed E-state index contributed by atoms with van der Waals surface area (Å²) in [5.41, 5.74) is 0. The molecular weight excluding hydrogens is 276 g/mol. The number of benzene rings is 1. The van der Waals surface area contributed by atoms with Crippen molar-refractivity contribution in [2.45, 2.75) is 32.8 Å². The zero-order valence-electron chi connectivity index (χ0n) is 14.4. The van der Waals surface area contributed by atoms with Crippen LogP contribution in [0.2, 0.25) is 0 Å². The largest absolute Gasteiger partial charge is 0.493 e. The van der Waals surface area contributed by atoms with Gasteiger partial charge in [-0.3, -0.25) is 0 Å². The molecule has 4 heteroatoms. The number of quaternary nitrogens is 2. The lowest BCUT2D eigenvalue weighted by atomic mass is 10.3. The quantitative estimate of drug-likeness (QED) is 0.664. The first-order chi connectivity index (χ1) is 10.7. The van der Waals surface area contributed by atoms with E-state index in [-0.39, 0.29) is 6.10 Å². The van der Waals surface area contributed by atoms with Crippen molar-refractivity contribution >= 4 is 0 Å². The van der Waals surface area contributed by atoms with E-state index in [0.717, 1.165) is 30.9 Å². The second-order valence-corrected chi connectivity index (χ2v) is 6.47. The Bertz CT molecular complexity index is 431. The maximum Gasteiger partial charge on any atom is 0.127 e. The summed E-state index contributed by atoms with van der Waals surface area (Å²) in [5, 5.41) is 0. The molecule has 1 aromatic rings. The van der Waals surface area contributed by atoms with Crippen LogP contribution in [0.5, 0.6) is 11.5 Å². The molecule has 1 fully saturated rings. The summed E-state index contributed by atoms with van der Waals surface area (Å²) in [6, 6.07) is 8.01. The average molecular weight is 308 g/mol. The van der Waals surface area contributed by atoms with Crippen LogP contribution in [0.3, 0.4) is 0 Å². The van der Waals surface area contributed by atoms with Gasteiger partial charge < -0.3 is 19.3 Å². The maximum absolute atomic E-state index is 5.88. The van der Waals surface area contributed by atoms with Crippen LogP contribution in [0.15, 0.2) is 24.3 Å². The topological polar surface area (TPSA) is 27.3 Å². The lowest BCUT2D eigenvalue weighted by Gasteiger charge is -2.27. The molecule has 0 aromatic heterocycles. The molecule has 0 aliphatic carbocycles. The third kappa shape index (κ3) is 5.85. The second-order valence-electron chi connectivity index (χ2n) is 6.47. The normalized spacial score (nSPS) is 23.0. The molecule has 124 valence electrons. The molecule has 0 radical (unpaired) electrons. The van der Waals surface area contributed by atoms with Crippen LogP contribution in [0.25, 0.3) is 0 Å². The first kappa shape index (κ1) is 17.1. The van der Waals surface area contributed by atoms with E-state index in [4.69, 9.17) is 9.47 Å². The van der Waals surface area contributed by atoms with Crippen molar-refractivity contribution in [3.63, 3.8) is 0 Å². The zero-order chi connectivity index (χ0) is 15.8. The van der Waals surface area contributed by atoms with Crippen LogP contribution in [-0.2, 0) is 0 Å². The summed E-state index contributed by atoms with van der Waals surface area (Å²) in [4.78, 5) is 3.39. The number of nitrogens with one attached hydrogen (secondary N) is 2. The summed E-state index contributed by atoms with van der Waals surface area (Å²) in [7, 11) is 2.29. The fraction of sp³-hybridized carbons (Fsp3) is 0.667. The summed E-state index contributed by atoms with van der Waals surface area (Å²) in [6.07, 6.45) is 2.38. The Morgan fingerprint density at radius 3 is 2.59 bits per heavy atom. The lowest BCUT2D eigenvalue weighted by Crippen LogP contribution is -3.27. The Kier molecular flexibility index (Phi) is 7.00. The summed E-state index contributed by atoms with van der Waals surface area (Å²) in [5.74, 6) is 1.82. The number of rotatable bonds is 8. The van der Waals surface area contributed by atoms with Gasteiger partial charge in [0, 0.05) is 12.5 Å². The Morgan fingerprint density at radius 1 is 1.14 bits per heavy atom. The van der Waals surface area contributed by atoms with Crippen LogP contribution < -0.4 is 19.3 Å². The van der Waals surface area contributed by atoms with Crippen LogP contribution in [0, 0.1) is 0 Å². The Labute approximate surface area is 135 Å². The number of piperazine rings is 1. The predicted molar refractivity (Wildman–Crippen MR) is 89.1 cm³/mol. The summed E-state index contributed by atoms with van der Waals surface area (Å²) < 4.78 is 11.7. The molecule has 1 aliphatic rings. The van der Waals surface area contributed by atoms with Gasteiger partial charge >= 0.3 is 0 Å². The molecule has 1 atom stereocenters. The monoisotopic (exact) mass is 308 g/mol. The Morgan fingerprint density at radius 2 is 1.86 bits per heavy atom. The van der Waals surface area contributed by atoms with Gasteiger partial charge in [-0.2, -0.15) is 0 Å². The molecular formula is C18H32N2O2+2. The minimum absolute atomic E-state index is 0.248. The molecule has 0 spiro atoms. The van der Waals surface area contributed by atoms with E-state index in [1.165, 1.54) is 32.7 Å². The van der Waals surface area contributed by atoms with E-state index in [2.05, 4.69) is 20.9 Å². The highest BCUT2D eigenvalue weighted by molar-refractivity contribution is 5.33. The van der Waals surface area contributed by atoms with Crippen LogP contribution in [-0.4, -0.2) is 52.5 Å². The Hall–Kier alpha value is -1.26. The molecule has 2 N–H and O–H groups in total. The predicted octanol–water partition coefficient (Wildman–Crippen LogP) is 0.0460. The summed E-state index contributed by atoms with van der Waals surface area (Å²) >= 11 is 0. The van der Waals surface area contributed by atoms with E-state index in [9.17, 15) is 0 Å². The number of hydrogen-bond donors (Lipinski definition) is 2. The number of likely N-dealkylation sites (N-methyl/N-ethyl adjacent to an activating group) is 1. The van der Waals surface area contributed by atoms with Crippen LogP contribution >= 0.6 is 0 Å². The van der Waals surface area contributed by atoms with E-state index in [0.29, 0.717) is 0 Å². The molecule has 22 heavy (non-hydrogen) atoms. The van der Waals surface area contributed by atoms with E-state index in [1.54, 1.807) is 9.80 Å². The van der Waals surface area contributed by atoms with Gasteiger partial charge in [-0.1, -0.05) is 13.0 Å². The molecule has 1 saturated heterocycles. The van der Waals surface area contributed by atoms with Crippen molar-refractivity contribution < 1.29 is 19.3 Å². The average Bonchev–Trinajstić information content (AvgIpc) is 2.53. The number of hydrogen-bond acceptors (Lipinski definition) is 2. The van der Waals surface area contributed by atoms with Crippen molar-refractivity contribution in [3.8, 4) is 11.5 Å².